The lowest BCUT2D eigenvalue weighted by Crippen LogP contribution is -2.52. The highest BCUT2D eigenvalue weighted by Crippen LogP contribution is 2.49. The zero-order chi connectivity index (χ0) is 10.3. The topological polar surface area (TPSA) is 80.4 Å². The Morgan fingerprint density at radius 1 is 1.43 bits per heavy atom. The van der Waals surface area contributed by atoms with Crippen molar-refractivity contribution in [2.45, 2.75) is 37.6 Å². The van der Waals surface area contributed by atoms with Crippen LogP contribution in [0.1, 0.15) is 32.1 Å². The third kappa shape index (κ3) is 1.19. The zero-order valence-corrected chi connectivity index (χ0v) is 7.81. The molecule has 0 aromatic carbocycles. The van der Waals surface area contributed by atoms with Crippen LogP contribution >= 0.6 is 0 Å². The Morgan fingerprint density at radius 3 is 2.43 bits per heavy atom. The van der Waals surface area contributed by atoms with Crippen LogP contribution in [0.2, 0.25) is 0 Å². The summed E-state index contributed by atoms with van der Waals surface area (Å²) >= 11 is 0. The van der Waals surface area contributed by atoms with Crippen LogP contribution in [-0.2, 0) is 4.79 Å². The SMILES string of the molecule is O=C(O)C1CC2([N+](=O)[O-])CCC1CC2. The number of aliphatic carboxylic acids is 1. The van der Waals surface area contributed by atoms with E-state index in [2.05, 4.69) is 0 Å². The van der Waals surface area contributed by atoms with Crippen molar-refractivity contribution in [2.24, 2.45) is 11.8 Å². The number of nitro groups is 1. The summed E-state index contributed by atoms with van der Waals surface area (Å²) in [5.41, 5.74) is -0.919. The number of carboxylic acid groups (broad SMARTS) is 1. The molecule has 3 saturated carbocycles. The predicted molar refractivity (Wildman–Crippen MR) is 47.4 cm³/mol. The molecule has 3 rings (SSSR count). The van der Waals surface area contributed by atoms with Gasteiger partial charge in [-0.2, -0.15) is 0 Å². The first-order chi connectivity index (χ1) is 6.55. The molecule has 3 fully saturated rings. The number of rotatable bonds is 2. The second kappa shape index (κ2) is 2.93. The fraction of sp³-hybridized carbons (Fsp3) is 0.889. The number of carbonyl (C=O) groups is 1. The van der Waals surface area contributed by atoms with Crippen molar-refractivity contribution in [3.8, 4) is 0 Å². The lowest BCUT2D eigenvalue weighted by atomic mass is 9.61. The molecule has 78 valence electrons. The molecule has 0 aliphatic heterocycles. The normalized spacial score (nSPS) is 40.9. The number of hydrogen-bond acceptors (Lipinski definition) is 3. The number of nitrogens with zero attached hydrogens (tertiary/aromatic N) is 1. The number of carboxylic acids is 1. The van der Waals surface area contributed by atoms with Gasteiger partial charge in [-0.25, -0.2) is 0 Å². The molecule has 1 atom stereocenters. The van der Waals surface area contributed by atoms with Crippen molar-refractivity contribution in [1.82, 2.24) is 0 Å². The van der Waals surface area contributed by atoms with Gasteiger partial charge in [0, 0.05) is 24.2 Å². The standard InChI is InChI=1S/C9H13NO4/c11-8(12)7-5-9(10(13)14)3-1-6(7)2-4-9/h6-7H,1-5H2,(H,11,12). The van der Waals surface area contributed by atoms with Gasteiger partial charge in [-0.3, -0.25) is 14.9 Å². The molecule has 0 aromatic rings. The molecular weight excluding hydrogens is 186 g/mol. The van der Waals surface area contributed by atoms with Gasteiger partial charge < -0.3 is 5.11 Å². The summed E-state index contributed by atoms with van der Waals surface area (Å²) in [6.45, 7) is 0. The van der Waals surface area contributed by atoms with Gasteiger partial charge in [0.15, 0.2) is 0 Å². The summed E-state index contributed by atoms with van der Waals surface area (Å²) in [6.07, 6.45) is 2.78. The fourth-order valence-electron chi connectivity index (χ4n) is 2.91. The van der Waals surface area contributed by atoms with Crippen molar-refractivity contribution in [3.05, 3.63) is 10.1 Å². The van der Waals surface area contributed by atoms with Gasteiger partial charge in [-0.05, 0) is 18.8 Å². The van der Waals surface area contributed by atoms with Crippen molar-refractivity contribution >= 4 is 5.97 Å². The quantitative estimate of drug-likeness (QED) is 0.536. The monoisotopic (exact) mass is 199 g/mol. The third-order valence-corrected chi connectivity index (χ3v) is 3.83. The minimum absolute atomic E-state index is 0.175. The molecule has 5 nitrogen and oxygen atoms in total. The summed E-state index contributed by atoms with van der Waals surface area (Å²) in [7, 11) is 0. The van der Waals surface area contributed by atoms with Crippen LogP contribution in [0, 0.1) is 22.0 Å². The summed E-state index contributed by atoms with van der Waals surface area (Å²) in [5.74, 6) is -1.17. The van der Waals surface area contributed by atoms with E-state index in [1.807, 2.05) is 0 Å². The Hall–Kier alpha value is -1.13. The van der Waals surface area contributed by atoms with E-state index in [1.165, 1.54) is 0 Å². The third-order valence-electron chi connectivity index (χ3n) is 3.83. The van der Waals surface area contributed by atoms with Gasteiger partial charge in [0.1, 0.15) is 0 Å². The van der Waals surface area contributed by atoms with Crippen molar-refractivity contribution in [3.63, 3.8) is 0 Å². The van der Waals surface area contributed by atoms with E-state index >= 15 is 0 Å². The van der Waals surface area contributed by atoms with Gasteiger partial charge in [-0.1, -0.05) is 0 Å². The molecule has 1 N–H and O–H groups in total. The van der Waals surface area contributed by atoms with Crippen LogP contribution in [0.25, 0.3) is 0 Å². The second-order valence-corrected chi connectivity index (χ2v) is 4.47. The molecular formula is C9H13NO4. The van der Waals surface area contributed by atoms with Gasteiger partial charge in [0.2, 0.25) is 5.54 Å². The molecule has 3 aliphatic rings. The minimum atomic E-state index is -0.919. The van der Waals surface area contributed by atoms with Gasteiger partial charge in [0.05, 0.1) is 5.92 Å². The Labute approximate surface area is 81.3 Å². The van der Waals surface area contributed by atoms with Crippen molar-refractivity contribution in [1.29, 1.82) is 0 Å². The highest BCUT2D eigenvalue weighted by atomic mass is 16.6. The molecule has 14 heavy (non-hydrogen) atoms. The van der Waals surface area contributed by atoms with E-state index in [9.17, 15) is 14.9 Å². The van der Waals surface area contributed by atoms with E-state index in [-0.39, 0.29) is 17.3 Å². The zero-order valence-electron chi connectivity index (χ0n) is 7.81. The van der Waals surface area contributed by atoms with Crippen LogP contribution in [0.15, 0.2) is 0 Å². The average molecular weight is 199 g/mol. The molecule has 5 heteroatoms. The van der Waals surface area contributed by atoms with Gasteiger partial charge in [0.25, 0.3) is 0 Å². The summed E-state index contributed by atoms with van der Waals surface area (Å²) < 4.78 is 0. The van der Waals surface area contributed by atoms with Gasteiger partial charge >= 0.3 is 5.97 Å². The van der Waals surface area contributed by atoms with Crippen LogP contribution < -0.4 is 0 Å². The van der Waals surface area contributed by atoms with E-state index in [0.717, 1.165) is 0 Å². The maximum atomic E-state index is 10.9. The molecule has 0 amide bonds. The lowest BCUT2D eigenvalue weighted by Gasteiger charge is -2.43. The summed E-state index contributed by atoms with van der Waals surface area (Å²) in [6, 6.07) is 0. The molecule has 0 radical (unpaired) electrons. The van der Waals surface area contributed by atoms with Crippen LogP contribution in [0.3, 0.4) is 0 Å². The molecule has 0 saturated heterocycles. The van der Waals surface area contributed by atoms with Crippen molar-refractivity contribution in [2.75, 3.05) is 0 Å². The van der Waals surface area contributed by atoms with E-state index in [1.54, 1.807) is 0 Å². The molecule has 0 aromatic heterocycles. The van der Waals surface area contributed by atoms with E-state index in [0.29, 0.717) is 25.7 Å². The fourth-order valence-corrected chi connectivity index (χ4v) is 2.91. The van der Waals surface area contributed by atoms with E-state index in [4.69, 9.17) is 5.11 Å². The molecule has 0 spiro atoms. The first-order valence-corrected chi connectivity index (χ1v) is 4.92. The largest absolute Gasteiger partial charge is 0.481 e. The summed E-state index contributed by atoms with van der Waals surface area (Å²) in [5, 5.41) is 19.8. The second-order valence-electron chi connectivity index (χ2n) is 4.47. The predicted octanol–water partition coefficient (Wildman–Crippen LogP) is 1.30. The first kappa shape index (κ1) is 9.43. The Balaban J connectivity index is 2.23. The molecule has 1 unspecified atom stereocenters. The smallest absolute Gasteiger partial charge is 0.307 e. The van der Waals surface area contributed by atoms with Crippen LogP contribution in [0.5, 0.6) is 0 Å². The lowest BCUT2D eigenvalue weighted by molar-refractivity contribution is -0.583. The number of fused-ring (bicyclic) bond motifs is 3. The van der Waals surface area contributed by atoms with E-state index < -0.39 is 17.4 Å². The molecule has 2 bridgehead atoms. The highest BCUT2D eigenvalue weighted by Gasteiger charge is 2.56. The first-order valence-electron chi connectivity index (χ1n) is 4.92. The van der Waals surface area contributed by atoms with Crippen LogP contribution in [0.4, 0.5) is 0 Å². The van der Waals surface area contributed by atoms with Gasteiger partial charge in [-0.15, -0.1) is 0 Å². The Bertz CT molecular complexity index is 281. The Kier molecular flexibility index (Phi) is 1.97. The minimum Gasteiger partial charge on any atom is -0.481 e. The Morgan fingerprint density at radius 2 is 2.00 bits per heavy atom. The highest BCUT2D eigenvalue weighted by molar-refractivity contribution is 5.71. The number of hydrogen-bond donors (Lipinski definition) is 1. The molecule has 0 heterocycles. The summed E-state index contributed by atoms with van der Waals surface area (Å²) in [4.78, 5) is 21.5. The van der Waals surface area contributed by atoms with Crippen LogP contribution in [-0.4, -0.2) is 21.5 Å². The van der Waals surface area contributed by atoms with Crippen molar-refractivity contribution < 1.29 is 14.8 Å². The maximum absolute atomic E-state index is 10.9. The average Bonchev–Trinajstić information content (AvgIpc) is 2.19. The molecule has 3 aliphatic carbocycles. The maximum Gasteiger partial charge on any atom is 0.307 e.